The van der Waals surface area contributed by atoms with Gasteiger partial charge >= 0.3 is 0 Å². The number of halogens is 1. The van der Waals surface area contributed by atoms with Crippen LogP contribution in [0.5, 0.6) is 0 Å². The van der Waals surface area contributed by atoms with Crippen LogP contribution in [0.2, 0.25) is 0 Å². The highest BCUT2D eigenvalue weighted by atomic mass is 19.1. The van der Waals surface area contributed by atoms with E-state index in [0.29, 0.717) is 55.5 Å². The highest BCUT2D eigenvalue weighted by Crippen LogP contribution is 2.23. The van der Waals surface area contributed by atoms with Gasteiger partial charge in [-0.15, -0.1) is 0 Å². The molecule has 1 aromatic carbocycles. The van der Waals surface area contributed by atoms with Gasteiger partial charge in [0.2, 0.25) is 5.95 Å². The molecule has 10 nitrogen and oxygen atoms in total. The summed E-state index contributed by atoms with van der Waals surface area (Å²) in [6.45, 7) is 4.94. The summed E-state index contributed by atoms with van der Waals surface area (Å²) in [5, 5.41) is 2.69. The van der Waals surface area contributed by atoms with E-state index in [1.165, 1.54) is 12.3 Å². The van der Waals surface area contributed by atoms with Crippen molar-refractivity contribution in [3.63, 3.8) is 0 Å². The number of amides is 2. The van der Waals surface area contributed by atoms with Crippen LogP contribution in [0.25, 0.3) is 11.0 Å². The van der Waals surface area contributed by atoms with Gasteiger partial charge in [-0.3, -0.25) is 9.59 Å². The fraction of sp³-hybridized carbons (Fsp3) is 0.316. The number of nitrogens with two attached hydrogens (primary N) is 1. The Hall–Kier alpha value is -3.76. The Morgan fingerprint density at radius 3 is 2.53 bits per heavy atom. The van der Waals surface area contributed by atoms with Gasteiger partial charge in [-0.25, -0.2) is 19.3 Å². The average molecular weight is 412 g/mol. The van der Waals surface area contributed by atoms with Crippen LogP contribution >= 0.6 is 0 Å². The number of nitrogens with one attached hydrogen (secondary N) is 2. The molecule has 0 bridgehead atoms. The van der Waals surface area contributed by atoms with Crippen molar-refractivity contribution in [2.75, 3.05) is 42.5 Å². The van der Waals surface area contributed by atoms with Crippen molar-refractivity contribution in [2.45, 2.75) is 6.92 Å². The number of carbonyl (C=O) groups excluding carboxylic acids is 2. The van der Waals surface area contributed by atoms with Crippen LogP contribution in [0.4, 0.5) is 16.2 Å². The molecule has 0 spiro atoms. The average Bonchev–Trinajstić information content (AvgIpc) is 3.17. The lowest BCUT2D eigenvalue weighted by atomic mass is 10.1. The quantitative estimate of drug-likeness (QED) is 0.561. The van der Waals surface area contributed by atoms with Gasteiger partial charge in [0.05, 0.1) is 23.5 Å². The molecule has 3 aromatic rings. The molecule has 156 valence electrons. The van der Waals surface area contributed by atoms with E-state index in [4.69, 9.17) is 5.73 Å². The summed E-state index contributed by atoms with van der Waals surface area (Å²) in [4.78, 5) is 43.5. The minimum absolute atomic E-state index is 0.0496. The molecular weight excluding hydrogens is 391 g/mol. The van der Waals surface area contributed by atoms with Crippen LogP contribution in [0.1, 0.15) is 27.8 Å². The summed E-state index contributed by atoms with van der Waals surface area (Å²) >= 11 is 0. The monoisotopic (exact) mass is 412 g/mol. The minimum Gasteiger partial charge on any atom is -0.366 e. The van der Waals surface area contributed by atoms with Crippen LogP contribution in [0.15, 0.2) is 24.5 Å². The maximum atomic E-state index is 13.8. The van der Waals surface area contributed by atoms with Gasteiger partial charge < -0.3 is 25.8 Å². The first-order valence-corrected chi connectivity index (χ1v) is 9.55. The van der Waals surface area contributed by atoms with Crippen molar-refractivity contribution in [3.05, 3.63) is 41.6 Å². The van der Waals surface area contributed by atoms with Crippen LogP contribution in [-0.4, -0.2) is 64.5 Å². The second kappa shape index (κ2) is 7.93. The summed E-state index contributed by atoms with van der Waals surface area (Å²) in [5.41, 5.74) is 6.45. The predicted octanol–water partition coefficient (Wildman–Crippen LogP) is 0.667. The molecule has 30 heavy (non-hydrogen) atoms. The molecule has 0 aliphatic carbocycles. The first-order valence-electron chi connectivity index (χ1n) is 9.55. The minimum atomic E-state index is -0.725. The number of rotatable bonds is 5. The number of benzene rings is 1. The molecule has 1 aliphatic rings. The van der Waals surface area contributed by atoms with Gasteiger partial charge in [-0.2, -0.15) is 0 Å². The Bertz CT molecular complexity index is 1090. The third kappa shape index (κ3) is 3.73. The summed E-state index contributed by atoms with van der Waals surface area (Å²) in [5.74, 6) is -0.290. The number of H-pyrrole nitrogens is 1. The molecule has 1 saturated heterocycles. The zero-order valence-corrected chi connectivity index (χ0v) is 16.4. The number of hydrogen-bond acceptors (Lipinski definition) is 7. The Balaban J connectivity index is 1.46. The molecular formula is C19H21FN8O2. The zero-order valence-electron chi connectivity index (χ0n) is 16.4. The number of aromatic amines is 1. The molecule has 0 saturated carbocycles. The number of imidazole rings is 1. The molecule has 1 fully saturated rings. The molecule has 4 N–H and O–H groups in total. The van der Waals surface area contributed by atoms with E-state index in [-0.39, 0.29) is 17.2 Å². The highest BCUT2D eigenvalue weighted by Gasteiger charge is 2.22. The van der Waals surface area contributed by atoms with E-state index in [2.05, 4.69) is 30.2 Å². The number of carbonyl (C=O) groups is 2. The Kier molecular flexibility index (Phi) is 5.17. The van der Waals surface area contributed by atoms with Crippen LogP contribution in [-0.2, 0) is 0 Å². The first kappa shape index (κ1) is 19.6. The molecule has 1 aliphatic heterocycles. The first-order chi connectivity index (χ1) is 14.5. The second-order valence-electron chi connectivity index (χ2n) is 6.87. The lowest BCUT2D eigenvalue weighted by Gasteiger charge is -2.35. The number of piperazine rings is 1. The van der Waals surface area contributed by atoms with Gasteiger partial charge in [-0.1, -0.05) is 0 Å². The van der Waals surface area contributed by atoms with Gasteiger partial charge in [-0.05, 0) is 19.1 Å². The molecule has 11 heteroatoms. The van der Waals surface area contributed by atoms with Gasteiger partial charge in [0, 0.05) is 32.7 Å². The maximum absolute atomic E-state index is 13.8. The van der Waals surface area contributed by atoms with E-state index in [0.717, 1.165) is 6.07 Å². The van der Waals surface area contributed by atoms with Gasteiger partial charge in [0.15, 0.2) is 0 Å². The molecule has 0 atom stereocenters. The van der Waals surface area contributed by atoms with Crippen LogP contribution < -0.4 is 20.9 Å². The highest BCUT2D eigenvalue weighted by molar-refractivity contribution is 6.04. The van der Waals surface area contributed by atoms with Crippen molar-refractivity contribution in [3.8, 4) is 0 Å². The van der Waals surface area contributed by atoms with E-state index >= 15 is 0 Å². The molecule has 0 unspecified atom stereocenters. The summed E-state index contributed by atoms with van der Waals surface area (Å²) in [7, 11) is 0. The number of fused-ring (bicyclic) bond motifs is 1. The maximum Gasteiger partial charge on any atom is 0.271 e. The van der Waals surface area contributed by atoms with Gasteiger partial charge in [0.25, 0.3) is 11.8 Å². The molecule has 0 radical (unpaired) electrons. The van der Waals surface area contributed by atoms with Crippen molar-refractivity contribution < 1.29 is 14.0 Å². The Morgan fingerprint density at radius 1 is 1.17 bits per heavy atom. The normalized spacial score (nSPS) is 14.2. The van der Waals surface area contributed by atoms with Crippen molar-refractivity contribution in [1.29, 1.82) is 0 Å². The fourth-order valence-corrected chi connectivity index (χ4v) is 3.41. The topological polar surface area (TPSA) is 133 Å². The van der Waals surface area contributed by atoms with E-state index < -0.39 is 11.7 Å². The predicted molar refractivity (Wildman–Crippen MR) is 109 cm³/mol. The van der Waals surface area contributed by atoms with E-state index in [1.54, 1.807) is 6.20 Å². The number of aromatic nitrogens is 4. The summed E-state index contributed by atoms with van der Waals surface area (Å²) in [6.07, 6.45) is 3.05. The van der Waals surface area contributed by atoms with Crippen LogP contribution in [0.3, 0.4) is 0 Å². The lowest BCUT2D eigenvalue weighted by Crippen LogP contribution is -2.47. The zero-order chi connectivity index (χ0) is 21.3. The number of anilines is 2. The molecule has 2 amide bonds. The van der Waals surface area contributed by atoms with Crippen molar-refractivity contribution >= 4 is 34.6 Å². The number of primary amides is 1. The standard InChI is InChI=1S/C19H21FN8O2/c1-2-22-18(30)14-9-24-15(10-23-14)27-3-5-28(6-4-27)19-25-13-8-11(20)7-12(17(21)29)16(13)26-19/h7-10H,2-6H2,1H3,(H2,21,29)(H,22,30)(H,25,26). The summed E-state index contributed by atoms with van der Waals surface area (Å²) < 4.78 is 13.8. The van der Waals surface area contributed by atoms with Crippen LogP contribution in [0, 0.1) is 5.82 Å². The Labute approximate surface area is 171 Å². The van der Waals surface area contributed by atoms with E-state index in [1.807, 2.05) is 11.8 Å². The molecule has 2 aromatic heterocycles. The largest absolute Gasteiger partial charge is 0.366 e. The SMILES string of the molecule is CCNC(=O)c1cnc(N2CCN(c3nc4c(C(N)=O)cc(F)cc4[nH]3)CC2)cn1. The van der Waals surface area contributed by atoms with Crippen molar-refractivity contribution in [2.24, 2.45) is 5.73 Å². The number of hydrogen-bond donors (Lipinski definition) is 3. The lowest BCUT2D eigenvalue weighted by molar-refractivity contribution is 0.0949. The van der Waals surface area contributed by atoms with Gasteiger partial charge in [0.1, 0.15) is 22.8 Å². The molecule has 4 rings (SSSR count). The number of nitrogens with zero attached hydrogens (tertiary/aromatic N) is 5. The third-order valence-electron chi connectivity index (χ3n) is 4.92. The second-order valence-corrected chi connectivity index (χ2v) is 6.87. The van der Waals surface area contributed by atoms with E-state index in [9.17, 15) is 14.0 Å². The van der Waals surface area contributed by atoms with Crippen molar-refractivity contribution in [1.82, 2.24) is 25.3 Å². The summed E-state index contributed by atoms with van der Waals surface area (Å²) in [6, 6.07) is 2.39. The fourth-order valence-electron chi connectivity index (χ4n) is 3.41. The smallest absolute Gasteiger partial charge is 0.271 e. The molecule has 3 heterocycles. The Morgan fingerprint density at radius 2 is 1.90 bits per heavy atom. The third-order valence-corrected chi connectivity index (χ3v) is 4.92.